The molecule has 0 amide bonds. The molecule has 0 radical (unpaired) electrons. The van der Waals surface area contributed by atoms with Gasteiger partial charge in [0.1, 0.15) is 0 Å². The topological polar surface area (TPSA) is 14.2 Å². The van der Waals surface area contributed by atoms with Gasteiger partial charge < -0.3 is 9.13 Å². The van der Waals surface area contributed by atoms with Crippen molar-refractivity contribution in [2.45, 2.75) is 0 Å². The maximum atomic E-state index is 7.36. The van der Waals surface area contributed by atoms with Crippen molar-refractivity contribution in [3.05, 3.63) is 175 Å². The second-order valence-corrected chi connectivity index (χ2v) is 11.7. The Labute approximate surface area is 266 Å². The summed E-state index contributed by atoms with van der Waals surface area (Å²) in [5, 5.41) is 4.93. The Balaban J connectivity index is 1.38. The zero-order valence-corrected chi connectivity index (χ0v) is 24.9. The number of hydrogen-bond acceptors (Lipinski definition) is 0. The normalized spacial score (nSPS) is 11.5. The van der Waals surface area contributed by atoms with Gasteiger partial charge in [-0.05, 0) is 47.5 Å². The van der Waals surface area contributed by atoms with Crippen LogP contribution in [0.5, 0.6) is 0 Å². The molecule has 0 aliphatic heterocycles. The third-order valence-electron chi connectivity index (χ3n) is 9.13. The summed E-state index contributed by atoms with van der Waals surface area (Å²) in [6.45, 7) is 7.36. The van der Waals surface area contributed by atoms with E-state index in [-0.39, 0.29) is 0 Å². The molecule has 0 saturated heterocycles. The molecule has 0 unspecified atom stereocenters. The molecule has 0 aliphatic rings. The van der Waals surface area contributed by atoms with Gasteiger partial charge in [0.2, 0.25) is 0 Å². The largest absolute Gasteiger partial charge is 0.309 e. The van der Waals surface area contributed by atoms with E-state index in [9.17, 15) is 0 Å². The second-order valence-electron chi connectivity index (χ2n) is 11.7. The molecule has 0 saturated carbocycles. The summed E-state index contributed by atoms with van der Waals surface area (Å²) in [5.74, 6) is 0. The number of aromatic nitrogens is 2. The molecule has 0 N–H and O–H groups in total. The van der Waals surface area contributed by atoms with Crippen molar-refractivity contribution < 1.29 is 0 Å². The third kappa shape index (κ3) is 3.91. The van der Waals surface area contributed by atoms with Gasteiger partial charge in [-0.2, -0.15) is 0 Å². The van der Waals surface area contributed by atoms with E-state index in [1.807, 2.05) is 24.3 Å². The Hall–Kier alpha value is -6.37. The number of rotatable bonds is 4. The van der Waals surface area contributed by atoms with Crippen LogP contribution in [-0.2, 0) is 0 Å². The summed E-state index contributed by atoms with van der Waals surface area (Å²) < 4.78 is 4.84. The van der Waals surface area contributed by atoms with Gasteiger partial charge in [0.25, 0.3) is 0 Å². The van der Waals surface area contributed by atoms with Crippen LogP contribution < -0.4 is 0 Å². The zero-order valence-electron chi connectivity index (χ0n) is 24.9. The van der Waals surface area contributed by atoms with E-state index in [1.54, 1.807) is 0 Å². The highest BCUT2D eigenvalue weighted by molar-refractivity contribution is 6.19. The van der Waals surface area contributed by atoms with E-state index in [0.29, 0.717) is 5.69 Å². The second kappa shape index (κ2) is 10.4. The van der Waals surface area contributed by atoms with E-state index in [1.165, 1.54) is 54.7 Å². The van der Waals surface area contributed by atoms with Crippen LogP contribution in [0.15, 0.2) is 164 Å². The average molecular weight is 586 g/mol. The van der Waals surface area contributed by atoms with Crippen molar-refractivity contribution in [1.29, 1.82) is 0 Å². The average Bonchev–Trinajstić information content (AvgIpc) is 3.65. The molecule has 0 atom stereocenters. The molecule has 2 aromatic heterocycles. The van der Waals surface area contributed by atoms with Crippen LogP contribution in [0, 0.1) is 6.57 Å². The fourth-order valence-electron chi connectivity index (χ4n) is 7.14. The van der Waals surface area contributed by atoms with Gasteiger partial charge >= 0.3 is 0 Å². The van der Waals surface area contributed by atoms with Gasteiger partial charge in [-0.25, -0.2) is 4.85 Å². The molecule has 0 bridgehead atoms. The minimum absolute atomic E-state index is 0.647. The standard InChI is InChI=1S/C43H27N3/c1-44-31-26-24-29(25-27-31)30-12-9-15-33(28-30)46-41-23-8-6-17-35(41)37-19-11-21-39(43(37)46)38-20-10-18-36-34-16-5-7-22-40(34)45(42(36)38)32-13-3-2-4-14-32/h2-28H. The van der Waals surface area contributed by atoms with E-state index in [0.717, 1.165) is 22.5 Å². The summed E-state index contributed by atoms with van der Waals surface area (Å²) in [5.41, 5.74) is 12.2. The van der Waals surface area contributed by atoms with Gasteiger partial charge in [0.15, 0.2) is 5.69 Å². The van der Waals surface area contributed by atoms with Gasteiger partial charge in [-0.3, -0.25) is 0 Å². The zero-order chi connectivity index (χ0) is 30.6. The fourth-order valence-corrected chi connectivity index (χ4v) is 7.14. The van der Waals surface area contributed by atoms with Crippen molar-refractivity contribution in [1.82, 2.24) is 9.13 Å². The molecule has 46 heavy (non-hydrogen) atoms. The first-order valence-corrected chi connectivity index (χ1v) is 15.5. The van der Waals surface area contributed by atoms with Crippen molar-refractivity contribution >= 4 is 49.3 Å². The molecule has 9 aromatic rings. The van der Waals surface area contributed by atoms with Gasteiger partial charge in [-0.15, -0.1) is 0 Å². The first-order chi connectivity index (χ1) is 22.8. The quantitative estimate of drug-likeness (QED) is 0.182. The lowest BCUT2D eigenvalue weighted by molar-refractivity contribution is 1.17. The van der Waals surface area contributed by atoms with Crippen LogP contribution in [0.25, 0.3) is 82.1 Å². The molecule has 214 valence electrons. The Bertz CT molecular complexity index is 2630. The van der Waals surface area contributed by atoms with Crippen molar-refractivity contribution in [2.75, 3.05) is 0 Å². The first kappa shape index (κ1) is 26.1. The van der Waals surface area contributed by atoms with Crippen LogP contribution in [0.2, 0.25) is 0 Å². The summed E-state index contributed by atoms with van der Waals surface area (Å²) in [4.78, 5) is 3.58. The summed E-state index contributed by atoms with van der Waals surface area (Å²) in [6, 6.07) is 58.1. The van der Waals surface area contributed by atoms with E-state index in [2.05, 4.69) is 154 Å². The molecule has 0 fully saturated rings. The maximum Gasteiger partial charge on any atom is 0.187 e. The van der Waals surface area contributed by atoms with Crippen molar-refractivity contribution in [3.63, 3.8) is 0 Å². The number of fused-ring (bicyclic) bond motifs is 6. The molecular formula is C43H27N3. The molecular weight excluding hydrogens is 558 g/mol. The van der Waals surface area contributed by atoms with Crippen LogP contribution in [-0.4, -0.2) is 9.13 Å². The SMILES string of the molecule is [C-]#[N+]c1ccc(-c2cccc(-n3c4ccccc4c4cccc(-c5cccc6c7ccccc7n(-c7ccccc7)c56)c43)c2)cc1. The van der Waals surface area contributed by atoms with E-state index >= 15 is 0 Å². The lowest BCUT2D eigenvalue weighted by Crippen LogP contribution is -1.98. The minimum atomic E-state index is 0.647. The number of para-hydroxylation sites is 5. The summed E-state index contributed by atoms with van der Waals surface area (Å²) >= 11 is 0. The molecule has 2 heterocycles. The Morgan fingerprint density at radius 2 is 0.891 bits per heavy atom. The van der Waals surface area contributed by atoms with Crippen LogP contribution in [0.1, 0.15) is 0 Å². The van der Waals surface area contributed by atoms with Crippen LogP contribution in [0.4, 0.5) is 5.69 Å². The highest BCUT2D eigenvalue weighted by Crippen LogP contribution is 2.43. The van der Waals surface area contributed by atoms with Gasteiger partial charge in [0, 0.05) is 44.0 Å². The lowest BCUT2D eigenvalue weighted by Gasteiger charge is -2.15. The molecule has 0 spiro atoms. The Kier molecular flexibility index (Phi) is 5.88. The fraction of sp³-hybridized carbons (Fsp3) is 0. The smallest absolute Gasteiger partial charge is 0.187 e. The minimum Gasteiger partial charge on any atom is -0.309 e. The number of nitrogens with zero attached hydrogens (tertiary/aromatic N) is 3. The lowest BCUT2D eigenvalue weighted by atomic mass is 9.99. The van der Waals surface area contributed by atoms with Crippen LogP contribution >= 0.6 is 0 Å². The molecule has 9 rings (SSSR count). The first-order valence-electron chi connectivity index (χ1n) is 15.5. The Morgan fingerprint density at radius 1 is 0.391 bits per heavy atom. The van der Waals surface area contributed by atoms with Crippen molar-refractivity contribution in [3.8, 4) is 33.6 Å². The Morgan fingerprint density at radius 3 is 1.50 bits per heavy atom. The predicted octanol–water partition coefficient (Wildman–Crippen LogP) is 11.8. The molecule has 0 aliphatic carbocycles. The molecule has 3 heteroatoms. The summed E-state index contributed by atoms with van der Waals surface area (Å²) in [7, 11) is 0. The third-order valence-corrected chi connectivity index (χ3v) is 9.13. The van der Waals surface area contributed by atoms with Crippen LogP contribution in [0.3, 0.4) is 0 Å². The van der Waals surface area contributed by atoms with Gasteiger partial charge in [0.05, 0.1) is 28.6 Å². The maximum absolute atomic E-state index is 7.36. The number of hydrogen-bond donors (Lipinski definition) is 0. The van der Waals surface area contributed by atoms with E-state index in [4.69, 9.17) is 6.57 Å². The summed E-state index contributed by atoms with van der Waals surface area (Å²) in [6.07, 6.45) is 0. The van der Waals surface area contributed by atoms with Gasteiger partial charge in [-0.1, -0.05) is 127 Å². The van der Waals surface area contributed by atoms with Crippen molar-refractivity contribution in [2.24, 2.45) is 0 Å². The molecule has 3 nitrogen and oxygen atoms in total. The highest BCUT2D eigenvalue weighted by Gasteiger charge is 2.21. The highest BCUT2D eigenvalue weighted by atomic mass is 15.0. The predicted molar refractivity (Wildman–Crippen MR) is 192 cm³/mol. The number of benzene rings is 7. The molecule has 7 aromatic carbocycles. The van der Waals surface area contributed by atoms with E-state index < -0.39 is 0 Å². The monoisotopic (exact) mass is 585 g/mol.